The molecule has 9 heteroatoms. The van der Waals surface area contributed by atoms with Crippen molar-refractivity contribution in [2.45, 2.75) is 18.0 Å². The predicted molar refractivity (Wildman–Crippen MR) is 87.9 cm³/mol. The van der Waals surface area contributed by atoms with E-state index in [0.29, 0.717) is 18.7 Å². The van der Waals surface area contributed by atoms with Crippen molar-refractivity contribution in [1.29, 1.82) is 0 Å². The molecule has 1 saturated heterocycles. The summed E-state index contributed by atoms with van der Waals surface area (Å²) in [5, 5.41) is 2.29. The third-order valence-electron chi connectivity index (χ3n) is 3.70. The zero-order valence-corrected chi connectivity index (χ0v) is 14.5. The minimum Gasteiger partial charge on any atom is -0.383 e. The van der Waals surface area contributed by atoms with E-state index in [2.05, 4.69) is 5.32 Å². The number of carbonyl (C=O) groups is 2. The van der Waals surface area contributed by atoms with Gasteiger partial charge < -0.3 is 15.0 Å². The van der Waals surface area contributed by atoms with Crippen LogP contribution in [-0.2, 0) is 20.5 Å². The summed E-state index contributed by atoms with van der Waals surface area (Å²) < 4.78 is 42.8. The number of ether oxygens (including phenoxy) is 1. The Morgan fingerprint density at radius 3 is 2.64 bits per heavy atom. The van der Waals surface area contributed by atoms with Crippen LogP contribution < -0.4 is 5.32 Å². The lowest BCUT2D eigenvalue weighted by Crippen LogP contribution is -2.34. The van der Waals surface area contributed by atoms with E-state index in [4.69, 9.17) is 4.74 Å². The third-order valence-corrected chi connectivity index (χ3v) is 4.96. The number of rotatable bonds is 7. The fraction of sp³-hybridized carbons (Fsp3) is 0.500. The van der Waals surface area contributed by atoms with E-state index in [0.717, 1.165) is 12.1 Å². The number of carbonyl (C=O) groups excluding carboxylic acids is 2. The monoisotopic (exact) mass is 376 g/mol. The first-order valence-electron chi connectivity index (χ1n) is 7.67. The van der Waals surface area contributed by atoms with Crippen LogP contribution in [0.15, 0.2) is 24.3 Å². The summed E-state index contributed by atoms with van der Waals surface area (Å²) >= 11 is 1.34. The van der Waals surface area contributed by atoms with Crippen LogP contribution in [0.3, 0.4) is 0 Å². The second-order valence-corrected chi connectivity index (χ2v) is 6.53. The molecule has 2 amide bonds. The molecule has 1 aliphatic heterocycles. The Morgan fingerprint density at radius 1 is 1.36 bits per heavy atom. The molecule has 25 heavy (non-hydrogen) atoms. The van der Waals surface area contributed by atoms with E-state index >= 15 is 0 Å². The number of nitrogens with zero attached hydrogens (tertiary/aromatic N) is 1. The maximum absolute atomic E-state index is 12.6. The van der Waals surface area contributed by atoms with Crippen LogP contribution in [0.1, 0.15) is 22.9 Å². The van der Waals surface area contributed by atoms with Crippen molar-refractivity contribution in [3.63, 3.8) is 0 Å². The molecule has 1 heterocycles. The molecule has 1 N–H and O–H groups in total. The van der Waals surface area contributed by atoms with Gasteiger partial charge in [-0.2, -0.15) is 13.2 Å². The Hall–Kier alpha value is -1.74. The van der Waals surface area contributed by atoms with Crippen LogP contribution in [0.25, 0.3) is 0 Å². The number of thioether (sulfide) groups is 1. The molecule has 0 aliphatic carbocycles. The summed E-state index contributed by atoms with van der Waals surface area (Å²) in [6, 6.07) is 4.78. The van der Waals surface area contributed by atoms with Gasteiger partial charge in [0, 0.05) is 26.6 Å². The first-order chi connectivity index (χ1) is 11.8. The molecule has 1 aromatic rings. The van der Waals surface area contributed by atoms with Gasteiger partial charge >= 0.3 is 6.18 Å². The zero-order valence-electron chi connectivity index (χ0n) is 13.6. The maximum atomic E-state index is 12.6. The highest BCUT2D eigenvalue weighted by Gasteiger charge is 2.34. The Kier molecular flexibility index (Phi) is 6.71. The van der Waals surface area contributed by atoms with Crippen LogP contribution in [0.5, 0.6) is 0 Å². The van der Waals surface area contributed by atoms with E-state index in [1.54, 1.807) is 0 Å². The SMILES string of the molecule is COCCNC(=O)CCN1C(=O)CS[C@H]1c1ccc(C(F)(F)F)cc1. The summed E-state index contributed by atoms with van der Waals surface area (Å²) in [6.45, 7) is 1.01. The fourth-order valence-corrected chi connectivity index (χ4v) is 3.63. The summed E-state index contributed by atoms with van der Waals surface area (Å²) in [4.78, 5) is 25.3. The van der Waals surface area contributed by atoms with Gasteiger partial charge in [-0.15, -0.1) is 11.8 Å². The summed E-state index contributed by atoms with van der Waals surface area (Å²) in [6.07, 6.45) is -4.26. The molecule has 0 saturated carbocycles. The molecule has 2 rings (SSSR count). The number of methoxy groups -OCH3 is 1. The first kappa shape index (κ1) is 19.6. The smallest absolute Gasteiger partial charge is 0.383 e. The van der Waals surface area contributed by atoms with Gasteiger partial charge in [0.05, 0.1) is 17.9 Å². The highest BCUT2D eigenvalue weighted by Crippen LogP contribution is 2.39. The normalized spacial score (nSPS) is 17.8. The fourth-order valence-electron chi connectivity index (χ4n) is 2.41. The Balaban J connectivity index is 1.98. The van der Waals surface area contributed by atoms with Gasteiger partial charge in [0.15, 0.2) is 0 Å². The molecule has 138 valence electrons. The van der Waals surface area contributed by atoms with Crippen LogP contribution in [0.2, 0.25) is 0 Å². The molecule has 0 aromatic heterocycles. The lowest BCUT2D eigenvalue weighted by molar-refractivity contribution is -0.137. The van der Waals surface area contributed by atoms with Crippen molar-refractivity contribution in [2.75, 3.05) is 32.6 Å². The number of hydrogen-bond donors (Lipinski definition) is 1. The standard InChI is InChI=1S/C16H19F3N2O3S/c1-24-9-7-20-13(22)6-8-21-14(23)10-25-15(21)11-2-4-12(5-3-11)16(17,18)19/h2-5,15H,6-10H2,1H3,(H,20,22)/t15-/m0/s1. The first-order valence-corrected chi connectivity index (χ1v) is 8.71. The van der Waals surface area contributed by atoms with Crippen LogP contribution >= 0.6 is 11.8 Å². The Labute approximate surface area is 147 Å². The maximum Gasteiger partial charge on any atom is 0.416 e. The zero-order chi connectivity index (χ0) is 18.4. The van der Waals surface area contributed by atoms with Gasteiger partial charge in [0.25, 0.3) is 0 Å². The molecule has 5 nitrogen and oxygen atoms in total. The largest absolute Gasteiger partial charge is 0.416 e. The van der Waals surface area contributed by atoms with Gasteiger partial charge in [0.2, 0.25) is 11.8 Å². The third kappa shape index (κ3) is 5.37. The van der Waals surface area contributed by atoms with E-state index in [1.165, 1.54) is 35.9 Å². The second kappa shape index (κ2) is 8.57. The number of halogens is 3. The molecule has 1 aromatic carbocycles. The minimum absolute atomic E-state index is 0.125. The van der Waals surface area contributed by atoms with Crippen molar-refractivity contribution in [3.8, 4) is 0 Å². The number of nitrogens with one attached hydrogen (secondary N) is 1. The van der Waals surface area contributed by atoms with Crippen molar-refractivity contribution in [1.82, 2.24) is 10.2 Å². The molecule has 1 fully saturated rings. The highest BCUT2D eigenvalue weighted by molar-refractivity contribution is 8.00. The lowest BCUT2D eigenvalue weighted by atomic mass is 10.1. The molecule has 0 bridgehead atoms. The highest BCUT2D eigenvalue weighted by atomic mass is 32.2. The van der Waals surface area contributed by atoms with E-state index in [9.17, 15) is 22.8 Å². The molecule has 0 radical (unpaired) electrons. The van der Waals surface area contributed by atoms with Crippen molar-refractivity contribution in [2.24, 2.45) is 0 Å². The van der Waals surface area contributed by atoms with Gasteiger partial charge in [-0.25, -0.2) is 0 Å². The quantitative estimate of drug-likeness (QED) is 0.743. The molecule has 0 unspecified atom stereocenters. The van der Waals surface area contributed by atoms with Gasteiger partial charge in [-0.1, -0.05) is 12.1 Å². The molecule has 1 aliphatic rings. The minimum atomic E-state index is -4.39. The Bertz CT molecular complexity index is 608. The van der Waals surface area contributed by atoms with Crippen molar-refractivity contribution >= 4 is 23.6 Å². The summed E-state index contributed by atoms with van der Waals surface area (Å²) in [5.74, 6) is -0.0794. The van der Waals surface area contributed by atoms with Crippen LogP contribution in [0, 0.1) is 0 Å². The molecular weight excluding hydrogens is 357 g/mol. The number of benzene rings is 1. The Morgan fingerprint density at radius 2 is 2.04 bits per heavy atom. The number of hydrogen-bond acceptors (Lipinski definition) is 4. The number of amides is 2. The second-order valence-electron chi connectivity index (χ2n) is 5.46. The van der Waals surface area contributed by atoms with E-state index in [-0.39, 0.29) is 35.9 Å². The van der Waals surface area contributed by atoms with E-state index in [1.807, 2.05) is 0 Å². The van der Waals surface area contributed by atoms with Gasteiger partial charge in [-0.05, 0) is 17.7 Å². The van der Waals surface area contributed by atoms with Crippen molar-refractivity contribution in [3.05, 3.63) is 35.4 Å². The predicted octanol–water partition coefficient (Wildman–Crippen LogP) is 2.43. The molecule has 0 spiro atoms. The summed E-state index contributed by atoms with van der Waals surface area (Å²) in [5.41, 5.74) is -0.113. The average Bonchev–Trinajstić information content (AvgIpc) is 2.93. The van der Waals surface area contributed by atoms with Crippen LogP contribution in [0.4, 0.5) is 13.2 Å². The molecular formula is C16H19F3N2O3S. The van der Waals surface area contributed by atoms with Crippen LogP contribution in [-0.4, -0.2) is 49.3 Å². The summed E-state index contributed by atoms with van der Waals surface area (Å²) in [7, 11) is 1.53. The van der Waals surface area contributed by atoms with Crippen molar-refractivity contribution < 1.29 is 27.5 Å². The molecule has 1 atom stereocenters. The van der Waals surface area contributed by atoms with E-state index < -0.39 is 11.7 Å². The van der Waals surface area contributed by atoms with Gasteiger partial charge in [-0.3, -0.25) is 9.59 Å². The average molecular weight is 376 g/mol. The number of alkyl halides is 3. The lowest BCUT2D eigenvalue weighted by Gasteiger charge is -2.24. The van der Waals surface area contributed by atoms with Gasteiger partial charge in [0.1, 0.15) is 5.37 Å². The topological polar surface area (TPSA) is 58.6 Å².